The fourth-order valence-corrected chi connectivity index (χ4v) is 1.75. The summed E-state index contributed by atoms with van der Waals surface area (Å²) in [5.74, 6) is 0.226. The average molecular weight is 271 g/mol. The molecule has 80 valence electrons. The third kappa shape index (κ3) is 2.38. The van der Waals surface area contributed by atoms with E-state index in [0.717, 1.165) is 4.47 Å². The molecule has 0 aliphatic carbocycles. The second kappa shape index (κ2) is 4.33. The summed E-state index contributed by atoms with van der Waals surface area (Å²) < 4.78 is 11.2. The molecule has 2 atom stereocenters. The lowest BCUT2D eigenvalue weighted by Gasteiger charge is -2.31. The summed E-state index contributed by atoms with van der Waals surface area (Å²) in [6.45, 7) is 2.34. The van der Waals surface area contributed by atoms with Crippen LogP contribution in [0.4, 0.5) is 0 Å². The molecule has 1 saturated heterocycles. The summed E-state index contributed by atoms with van der Waals surface area (Å²) in [6, 6.07) is 7.23. The zero-order valence-corrected chi connectivity index (χ0v) is 9.86. The third-order valence-corrected chi connectivity index (χ3v) is 2.92. The number of ether oxygens (including phenoxy) is 2. The van der Waals surface area contributed by atoms with Crippen LogP contribution < -0.4 is 4.74 Å². The molecule has 4 heteroatoms. The smallest absolute Gasteiger partial charge is 0.319 e. The van der Waals surface area contributed by atoms with Gasteiger partial charge in [0.2, 0.25) is 0 Å². The first-order valence-electron chi connectivity index (χ1n) is 4.75. The molecule has 0 bridgehead atoms. The van der Waals surface area contributed by atoms with Gasteiger partial charge in [0.15, 0.2) is 0 Å². The first-order chi connectivity index (χ1) is 7.16. The Morgan fingerprint density at radius 2 is 2.40 bits per heavy atom. The summed E-state index contributed by atoms with van der Waals surface area (Å²) in [5.41, 5.74) is 0. The molecule has 0 spiro atoms. The van der Waals surface area contributed by atoms with Gasteiger partial charge in [-0.1, -0.05) is 22.0 Å². The maximum absolute atomic E-state index is 11.6. The number of halogens is 1. The van der Waals surface area contributed by atoms with E-state index in [0.29, 0.717) is 12.4 Å². The number of benzene rings is 1. The summed E-state index contributed by atoms with van der Waals surface area (Å²) in [6.07, 6.45) is -0.0235. The van der Waals surface area contributed by atoms with Crippen LogP contribution in [0.1, 0.15) is 6.92 Å². The van der Waals surface area contributed by atoms with Crippen LogP contribution in [0.15, 0.2) is 28.7 Å². The van der Waals surface area contributed by atoms with Crippen molar-refractivity contribution in [3.05, 3.63) is 28.7 Å². The minimum Gasteiger partial charge on any atom is -0.426 e. The molecule has 15 heavy (non-hydrogen) atoms. The lowest BCUT2D eigenvalue weighted by Crippen LogP contribution is -2.44. The van der Waals surface area contributed by atoms with Crippen LogP contribution in [0.5, 0.6) is 5.75 Å². The van der Waals surface area contributed by atoms with E-state index in [-0.39, 0.29) is 18.0 Å². The fourth-order valence-electron chi connectivity index (χ4n) is 1.37. The first kappa shape index (κ1) is 10.6. The maximum Gasteiger partial charge on any atom is 0.319 e. The van der Waals surface area contributed by atoms with Crippen molar-refractivity contribution in [3.63, 3.8) is 0 Å². The van der Waals surface area contributed by atoms with Gasteiger partial charge in [-0.2, -0.15) is 0 Å². The number of hydrogen-bond acceptors (Lipinski definition) is 3. The molecule has 0 amide bonds. The van der Waals surface area contributed by atoms with E-state index >= 15 is 0 Å². The van der Waals surface area contributed by atoms with Crippen LogP contribution in [0.25, 0.3) is 0 Å². The van der Waals surface area contributed by atoms with Gasteiger partial charge in [-0.3, -0.25) is 4.79 Å². The molecule has 0 radical (unpaired) electrons. The Kier molecular flexibility index (Phi) is 3.07. The van der Waals surface area contributed by atoms with Gasteiger partial charge < -0.3 is 9.47 Å². The Labute approximate surface area is 96.5 Å². The van der Waals surface area contributed by atoms with E-state index in [1.807, 2.05) is 19.1 Å². The van der Waals surface area contributed by atoms with Crippen LogP contribution in [0.2, 0.25) is 0 Å². The van der Waals surface area contributed by atoms with Crippen LogP contribution in [-0.2, 0) is 9.53 Å². The predicted molar refractivity (Wildman–Crippen MR) is 58.7 cm³/mol. The Hall–Kier alpha value is -0.870. The number of carbonyl (C=O) groups is 1. The van der Waals surface area contributed by atoms with Gasteiger partial charge in [0.05, 0.1) is 12.7 Å². The van der Waals surface area contributed by atoms with Gasteiger partial charge in [0, 0.05) is 4.47 Å². The summed E-state index contributed by atoms with van der Waals surface area (Å²) in [4.78, 5) is 11.6. The molecule has 3 nitrogen and oxygen atoms in total. The highest BCUT2D eigenvalue weighted by molar-refractivity contribution is 9.10. The van der Waals surface area contributed by atoms with Gasteiger partial charge in [-0.15, -0.1) is 0 Å². The van der Waals surface area contributed by atoms with Crippen molar-refractivity contribution in [2.75, 3.05) is 6.61 Å². The predicted octanol–water partition coefficient (Wildman–Crippen LogP) is 2.39. The molecule has 0 saturated carbocycles. The lowest BCUT2D eigenvalue weighted by molar-refractivity contribution is -0.166. The first-order valence-corrected chi connectivity index (χ1v) is 5.55. The van der Waals surface area contributed by atoms with Gasteiger partial charge in [-0.25, -0.2) is 0 Å². The molecule has 0 N–H and O–H groups in total. The van der Waals surface area contributed by atoms with Crippen molar-refractivity contribution in [1.29, 1.82) is 0 Å². The molecule has 2 unspecified atom stereocenters. The van der Waals surface area contributed by atoms with Crippen LogP contribution in [0, 0.1) is 5.92 Å². The van der Waals surface area contributed by atoms with E-state index in [1.54, 1.807) is 12.1 Å². The molecule has 2 rings (SSSR count). The SMILES string of the molecule is CC1OCC1C(=O)Oc1cccc(Br)c1. The zero-order valence-electron chi connectivity index (χ0n) is 8.27. The highest BCUT2D eigenvalue weighted by Gasteiger charge is 2.36. The number of hydrogen-bond donors (Lipinski definition) is 0. The van der Waals surface area contributed by atoms with Crippen molar-refractivity contribution in [2.45, 2.75) is 13.0 Å². The van der Waals surface area contributed by atoms with E-state index in [4.69, 9.17) is 9.47 Å². The van der Waals surface area contributed by atoms with Gasteiger partial charge in [0.1, 0.15) is 11.7 Å². The van der Waals surface area contributed by atoms with Crippen molar-refractivity contribution in [3.8, 4) is 5.75 Å². The molecule has 1 aromatic rings. The Morgan fingerprint density at radius 1 is 1.60 bits per heavy atom. The molecular formula is C11H11BrO3. The van der Waals surface area contributed by atoms with E-state index in [2.05, 4.69) is 15.9 Å². The monoisotopic (exact) mass is 270 g/mol. The Bertz CT molecular complexity index is 378. The highest BCUT2D eigenvalue weighted by Crippen LogP contribution is 2.24. The van der Waals surface area contributed by atoms with Crippen LogP contribution in [-0.4, -0.2) is 18.7 Å². The van der Waals surface area contributed by atoms with Crippen LogP contribution in [0.3, 0.4) is 0 Å². The highest BCUT2D eigenvalue weighted by atomic mass is 79.9. The Balaban J connectivity index is 1.99. The van der Waals surface area contributed by atoms with Crippen molar-refractivity contribution < 1.29 is 14.3 Å². The van der Waals surface area contributed by atoms with Gasteiger partial charge in [0.25, 0.3) is 0 Å². The third-order valence-electron chi connectivity index (χ3n) is 2.42. The molecular weight excluding hydrogens is 260 g/mol. The quantitative estimate of drug-likeness (QED) is 0.612. The summed E-state index contributed by atoms with van der Waals surface area (Å²) in [7, 11) is 0. The minimum absolute atomic E-state index is 0.0235. The topological polar surface area (TPSA) is 35.5 Å². The molecule has 0 aromatic heterocycles. The second-order valence-corrected chi connectivity index (χ2v) is 4.44. The molecule has 1 aliphatic heterocycles. The van der Waals surface area contributed by atoms with Crippen molar-refractivity contribution in [1.82, 2.24) is 0 Å². The largest absolute Gasteiger partial charge is 0.426 e. The van der Waals surface area contributed by atoms with Crippen molar-refractivity contribution in [2.24, 2.45) is 5.92 Å². The molecule has 1 aliphatic rings. The van der Waals surface area contributed by atoms with Crippen molar-refractivity contribution >= 4 is 21.9 Å². The second-order valence-electron chi connectivity index (χ2n) is 3.52. The number of carbonyl (C=O) groups excluding carboxylic acids is 1. The molecule has 1 fully saturated rings. The maximum atomic E-state index is 11.6. The lowest BCUT2D eigenvalue weighted by atomic mass is 10.0. The molecule has 1 heterocycles. The number of rotatable bonds is 2. The number of esters is 1. The minimum atomic E-state index is -0.216. The zero-order chi connectivity index (χ0) is 10.8. The van der Waals surface area contributed by atoms with E-state index < -0.39 is 0 Å². The standard InChI is InChI=1S/C11H11BrO3/c1-7-10(6-14-7)11(13)15-9-4-2-3-8(12)5-9/h2-5,7,10H,6H2,1H3. The summed E-state index contributed by atoms with van der Waals surface area (Å²) >= 11 is 3.32. The van der Waals surface area contributed by atoms with E-state index in [9.17, 15) is 4.79 Å². The van der Waals surface area contributed by atoms with Gasteiger partial charge in [-0.05, 0) is 25.1 Å². The van der Waals surface area contributed by atoms with Crippen LogP contribution >= 0.6 is 15.9 Å². The van der Waals surface area contributed by atoms with E-state index in [1.165, 1.54) is 0 Å². The summed E-state index contributed by atoms with van der Waals surface area (Å²) in [5, 5.41) is 0. The van der Waals surface area contributed by atoms with Gasteiger partial charge >= 0.3 is 5.97 Å². The fraction of sp³-hybridized carbons (Fsp3) is 0.364. The normalized spacial score (nSPS) is 24.4. The average Bonchev–Trinajstić information content (AvgIpc) is 2.15. The Morgan fingerprint density at radius 3 is 2.93 bits per heavy atom. The molecule has 1 aromatic carbocycles.